The lowest BCUT2D eigenvalue weighted by Gasteiger charge is -2.22. The van der Waals surface area contributed by atoms with Crippen molar-refractivity contribution in [3.63, 3.8) is 0 Å². The van der Waals surface area contributed by atoms with Crippen LogP contribution >= 0.6 is 11.8 Å². The molecule has 5 heteroatoms. The lowest BCUT2D eigenvalue weighted by atomic mass is 10.2. The van der Waals surface area contributed by atoms with E-state index in [2.05, 4.69) is 0 Å². The highest BCUT2D eigenvalue weighted by Gasteiger charge is 2.16. The SMILES string of the molecule is CSCC(=O)N(CCC(=O)O)c1ccc(C)cc1. The van der Waals surface area contributed by atoms with Crippen molar-refractivity contribution in [2.45, 2.75) is 13.3 Å². The molecule has 18 heavy (non-hydrogen) atoms. The number of benzene rings is 1. The van der Waals surface area contributed by atoms with Crippen LogP contribution in [0.15, 0.2) is 24.3 Å². The van der Waals surface area contributed by atoms with Gasteiger partial charge in [-0.05, 0) is 25.3 Å². The third kappa shape index (κ3) is 4.41. The fourth-order valence-corrected chi connectivity index (χ4v) is 1.93. The van der Waals surface area contributed by atoms with Crippen molar-refractivity contribution >= 4 is 29.3 Å². The number of nitrogens with zero attached hydrogens (tertiary/aromatic N) is 1. The molecule has 0 heterocycles. The zero-order valence-electron chi connectivity index (χ0n) is 10.5. The van der Waals surface area contributed by atoms with E-state index in [1.54, 1.807) is 0 Å². The van der Waals surface area contributed by atoms with Crippen LogP contribution in [0.25, 0.3) is 0 Å². The molecule has 1 aromatic rings. The van der Waals surface area contributed by atoms with Gasteiger partial charge in [-0.2, -0.15) is 11.8 Å². The second kappa shape index (κ2) is 7.06. The number of carbonyl (C=O) groups excluding carboxylic acids is 1. The molecule has 0 spiro atoms. The van der Waals surface area contributed by atoms with Crippen LogP contribution in [0.3, 0.4) is 0 Å². The zero-order valence-corrected chi connectivity index (χ0v) is 11.4. The molecule has 0 saturated carbocycles. The second-order valence-electron chi connectivity index (χ2n) is 3.96. The summed E-state index contributed by atoms with van der Waals surface area (Å²) < 4.78 is 0. The topological polar surface area (TPSA) is 57.6 Å². The summed E-state index contributed by atoms with van der Waals surface area (Å²) in [5.74, 6) is -0.607. The number of hydrogen-bond donors (Lipinski definition) is 1. The molecular formula is C13H17NO3S. The number of carbonyl (C=O) groups is 2. The fraction of sp³-hybridized carbons (Fsp3) is 0.385. The minimum Gasteiger partial charge on any atom is -0.481 e. The number of thioether (sulfide) groups is 1. The Balaban J connectivity index is 2.85. The maximum absolute atomic E-state index is 12.0. The minimum atomic E-state index is -0.899. The summed E-state index contributed by atoms with van der Waals surface area (Å²) in [7, 11) is 0. The van der Waals surface area contributed by atoms with Crippen LogP contribution in [-0.2, 0) is 9.59 Å². The van der Waals surface area contributed by atoms with Gasteiger partial charge in [0.05, 0.1) is 12.2 Å². The Kier molecular flexibility index (Phi) is 5.71. The molecule has 4 nitrogen and oxygen atoms in total. The molecule has 0 saturated heterocycles. The first kappa shape index (κ1) is 14.6. The van der Waals surface area contributed by atoms with E-state index in [0.29, 0.717) is 5.75 Å². The number of carboxylic acid groups (broad SMARTS) is 1. The van der Waals surface area contributed by atoms with Crippen molar-refractivity contribution < 1.29 is 14.7 Å². The molecule has 0 radical (unpaired) electrons. The van der Waals surface area contributed by atoms with Gasteiger partial charge in [-0.25, -0.2) is 0 Å². The van der Waals surface area contributed by atoms with E-state index in [9.17, 15) is 9.59 Å². The van der Waals surface area contributed by atoms with Gasteiger partial charge in [0.1, 0.15) is 0 Å². The predicted octanol–water partition coefficient (Wildman–Crippen LogP) is 2.17. The Bertz CT molecular complexity index is 417. The number of anilines is 1. The first-order valence-corrected chi connectivity index (χ1v) is 7.01. The molecule has 0 bridgehead atoms. The van der Waals surface area contributed by atoms with Crippen molar-refractivity contribution in [1.82, 2.24) is 0 Å². The zero-order chi connectivity index (χ0) is 13.5. The Labute approximate surface area is 111 Å². The van der Waals surface area contributed by atoms with Crippen molar-refractivity contribution in [2.24, 2.45) is 0 Å². The van der Waals surface area contributed by atoms with E-state index in [0.717, 1.165) is 11.3 Å². The molecule has 0 unspecified atom stereocenters. The van der Waals surface area contributed by atoms with Crippen molar-refractivity contribution in [1.29, 1.82) is 0 Å². The number of aryl methyl sites for hydroxylation is 1. The summed E-state index contributed by atoms with van der Waals surface area (Å²) in [5, 5.41) is 8.72. The van der Waals surface area contributed by atoms with Crippen molar-refractivity contribution in [3.05, 3.63) is 29.8 Å². The molecule has 1 amide bonds. The molecule has 0 aliphatic heterocycles. The predicted molar refractivity (Wildman–Crippen MR) is 74.2 cm³/mol. The van der Waals surface area contributed by atoms with E-state index in [1.807, 2.05) is 37.4 Å². The first-order chi connectivity index (χ1) is 8.54. The Morgan fingerprint density at radius 3 is 2.39 bits per heavy atom. The van der Waals surface area contributed by atoms with Crippen LogP contribution < -0.4 is 4.90 Å². The summed E-state index contributed by atoms with van der Waals surface area (Å²) in [6.45, 7) is 2.17. The highest BCUT2D eigenvalue weighted by atomic mass is 32.2. The van der Waals surface area contributed by atoms with Gasteiger partial charge < -0.3 is 10.0 Å². The van der Waals surface area contributed by atoms with Crippen LogP contribution in [0.2, 0.25) is 0 Å². The first-order valence-electron chi connectivity index (χ1n) is 5.62. The maximum Gasteiger partial charge on any atom is 0.305 e. The van der Waals surface area contributed by atoms with Crippen LogP contribution in [-0.4, -0.2) is 35.5 Å². The minimum absolute atomic E-state index is 0.0476. The van der Waals surface area contributed by atoms with Crippen LogP contribution in [0, 0.1) is 6.92 Å². The lowest BCUT2D eigenvalue weighted by Crippen LogP contribution is -2.34. The Hall–Kier alpha value is -1.49. The van der Waals surface area contributed by atoms with Crippen LogP contribution in [0.1, 0.15) is 12.0 Å². The Morgan fingerprint density at radius 2 is 1.89 bits per heavy atom. The molecule has 98 valence electrons. The molecule has 0 aliphatic carbocycles. The van der Waals surface area contributed by atoms with Crippen molar-refractivity contribution in [3.8, 4) is 0 Å². The second-order valence-corrected chi connectivity index (χ2v) is 4.82. The quantitative estimate of drug-likeness (QED) is 0.858. The van der Waals surface area contributed by atoms with Crippen molar-refractivity contribution in [2.75, 3.05) is 23.5 Å². The third-order valence-corrected chi connectivity index (χ3v) is 3.00. The van der Waals surface area contributed by atoms with Gasteiger partial charge in [-0.15, -0.1) is 0 Å². The van der Waals surface area contributed by atoms with E-state index < -0.39 is 5.97 Å². The van der Waals surface area contributed by atoms with Gasteiger partial charge in [0.2, 0.25) is 5.91 Å². The summed E-state index contributed by atoms with van der Waals surface area (Å²) in [5.41, 5.74) is 1.86. The van der Waals surface area contributed by atoms with Crippen LogP contribution in [0.5, 0.6) is 0 Å². The summed E-state index contributed by atoms with van der Waals surface area (Å²) >= 11 is 1.43. The summed E-state index contributed by atoms with van der Waals surface area (Å²) in [4.78, 5) is 24.1. The Morgan fingerprint density at radius 1 is 1.28 bits per heavy atom. The number of amides is 1. The summed E-state index contributed by atoms with van der Waals surface area (Å²) in [6, 6.07) is 7.51. The fourth-order valence-electron chi connectivity index (χ4n) is 1.53. The number of rotatable bonds is 6. The van der Waals surface area contributed by atoms with E-state index in [4.69, 9.17) is 5.11 Å². The molecule has 1 N–H and O–H groups in total. The van der Waals surface area contributed by atoms with E-state index in [1.165, 1.54) is 16.7 Å². The molecule has 0 fully saturated rings. The van der Waals surface area contributed by atoms with Gasteiger partial charge in [-0.3, -0.25) is 9.59 Å². The van der Waals surface area contributed by atoms with Gasteiger partial charge in [0, 0.05) is 12.2 Å². The molecule has 0 aliphatic rings. The number of aliphatic carboxylic acids is 1. The van der Waals surface area contributed by atoms with Gasteiger partial charge in [0.15, 0.2) is 0 Å². The van der Waals surface area contributed by atoms with Gasteiger partial charge in [0.25, 0.3) is 0 Å². The smallest absolute Gasteiger partial charge is 0.305 e. The average Bonchev–Trinajstić information content (AvgIpc) is 2.31. The highest BCUT2D eigenvalue weighted by Crippen LogP contribution is 2.16. The standard InChI is InChI=1S/C13H17NO3S/c1-10-3-5-11(6-4-10)14(8-7-13(16)17)12(15)9-18-2/h3-6H,7-9H2,1-2H3,(H,16,17). The lowest BCUT2D eigenvalue weighted by molar-refractivity contribution is -0.136. The largest absolute Gasteiger partial charge is 0.481 e. The summed E-state index contributed by atoms with van der Waals surface area (Å²) in [6.07, 6.45) is 1.80. The molecule has 1 rings (SSSR count). The monoisotopic (exact) mass is 267 g/mol. The van der Waals surface area contributed by atoms with E-state index in [-0.39, 0.29) is 18.9 Å². The number of hydrogen-bond acceptors (Lipinski definition) is 3. The molecule has 0 atom stereocenters. The van der Waals surface area contributed by atoms with E-state index >= 15 is 0 Å². The molecule has 0 aromatic heterocycles. The average molecular weight is 267 g/mol. The number of carboxylic acids is 1. The normalized spacial score (nSPS) is 10.1. The highest BCUT2D eigenvalue weighted by molar-refractivity contribution is 7.99. The van der Waals surface area contributed by atoms with Crippen LogP contribution in [0.4, 0.5) is 5.69 Å². The molecule has 1 aromatic carbocycles. The molecular weight excluding hydrogens is 250 g/mol. The maximum atomic E-state index is 12.0. The van der Waals surface area contributed by atoms with Gasteiger partial charge in [-0.1, -0.05) is 17.7 Å². The third-order valence-electron chi connectivity index (χ3n) is 2.46. The van der Waals surface area contributed by atoms with Gasteiger partial charge >= 0.3 is 5.97 Å².